The summed E-state index contributed by atoms with van der Waals surface area (Å²) in [6, 6.07) is 1.72. The van der Waals surface area contributed by atoms with Crippen molar-refractivity contribution >= 4 is 10.0 Å². The smallest absolute Gasteiger partial charge is 0.244 e. The van der Waals surface area contributed by atoms with Gasteiger partial charge in [-0.1, -0.05) is 6.42 Å². The van der Waals surface area contributed by atoms with Crippen LogP contribution in [0.1, 0.15) is 44.8 Å². The molecular formula is C13H22N2O3S. The summed E-state index contributed by atoms with van der Waals surface area (Å²) in [5, 5.41) is 9.33. The van der Waals surface area contributed by atoms with Crippen molar-refractivity contribution in [3.63, 3.8) is 0 Å². The Balaban J connectivity index is 2.34. The van der Waals surface area contributed by atoms with E-state index in [1.54, 1.807) is 16.6 Å². The van der Waals surface area contributed by atoms with E-state index in [-0.39, 0.29) is 12.6 Å². The molecule has 6 heteroatoms. The van der Waals surface area contributed by atoms with E-state index in [2.05, 4.69) is 0 Å². The fourth-order valence-corrected chi connectivity index (χ4v) is 4.07. The molecule has 0 aliphatic carbocycles. The molecule has 0 aromatic carbocycles. The Morgan fingerprint density at radius 3 is 2.37 bits per heavy atom. The van der Waals surface area contributed by atoms with Crippen LogP contribution >= 0.6 is 0 Å². The Labute approximate surface area is 114 Å². The minimum absolute atomic E-state index is 0.132. The van der Waals surface area contributed by atoms with Crippen molar-refractivity contribution in [2.75, 3.05) is 13.1 Å². The lowest BCUT2D eigenvalue weighted by Crippen LogP contribution is -2.35. The highest BCUT2D eigenvalue weighted by atomic mass is 32.2. The van der Waals surface area contributed by atoms with Gasteiger partial charge in [0.05, 0.1) is 6.61 Å². The summed E-state index contributed by atoms with van der Waals surface area (Å²) in [5.74, 6) is 0. The molecular weight excluding hydrogens is 264 g/mol. The van der Waals surface area contributed by atoms with Gasteiger partial charge in [0.15, 0.2) is 0 Å². The van der Waals surface area contributed by atoms with Crippen LogP contribution in [-0.2, 0) is 16.6 Å². The molecule has 0 unspecified atom stereocenters. The van der Waals surface area contributed by atoms with Crippen molar-refractivity contribution in [2.24, 2.45) is 0 Å². The average molecular weight is 286 g/mol. The molecule has 1 aromatic heterocycles. The second-order valence-electron chi connectivity index (χ2n) is 5.29. The first-order valence-corrected chi connectivity index (χ1v) is 8.22. The number of piperidine rings is 1. The van der Waals surface area contributed by atoms with Gasteiger partial charge in [0.2, 0.25) is 10.0 Å². The molecule has 0 amide bonds. The monoisotopic (exact) mass is 286 g/mol. The van der Waals surface area contributed by atoms with Gasteiger partial charge in [-0.05, 0) is 32.8 Å². The SMILES string of the molecule is CC(C)n1cc(S(=O)(=O)N2CCCCC2)cc1CO. The summed E-state index contributed by atoms with van der Waals surface area (Å²) in [6.07, 6.45) is 4.59. The van der Waals surface area contributed by atoms with Gasteiger partial charge < -0.3 is 9.67 Å². The first-order valence-electron chi connectivity index (χ1n) is 6.78. The van der Waals surface area contributed by atoms with E-state index in [0.29, 0.717) is 23.7 Å². The molecule has 0 radical (unpaired) electrons. The molecule has 1 aliphatic heterocycles. The van der Waals surface area contributed by atoms with Crippen molar-refractivity contribution < 1.29 is 13.5 Å². The number of hydrogen-bond donors (Lipinski definition) is 1. The fourth-order valence-electron chi connectivity index (χ4n) is 2.50. The zero-order valence-corrected chi connectivity index (χ0v) is 12.4. The highest BCUT2D eigenvalue weighted by Gasteiger charge is 2.27. The maximum Gasteiger partial charge on any atom is 0.244 e. The molecule has 0 bridgehead atoms. The lowest BCUT2D eigenvalue weighted by atomic mass is 10.2. The highest BCUT2D eigenvalue weighted by Crippen LogP contribution is 2.24. The summed E-state index contributed by atoms with van der Waals surface area (Å²) in [7, 11) is -3.41. The molecule has 108 valence electrons. The van der Waals surface area contributed by atoms with E-state index in [0.717, 1.165) is 19.3 Å². The fraction of sp³-hybridized carbons (Fsp3) is 0.692. The number of sulfonamides is 1. The number of aliphatic hydroxyl groups is 1. The van der Waals surface area contributed by atoms with Crippen molar-refractivity contribution in [3.05, 3.63) is 18.0 Å². The summed E-state index contributed by atoms with van der Waals surface area (Å²) in [4.78, 5) is 0.298. The van der Waals surface area contributed by atoms with Crippen molar-refractivity contribution in [3.8, 4) is 0 Å². The predicted octanol–water partition coefficient (Wildman–Crippen LogP) is 1.74. The van der Waals surface area contributed by atoms with Crippen molar-refractivity contribution in [2.45, 2.75) is 50.7 Å². The largest absolute Gasteiger partial charge is 0.390 e. The molecule has 1 aromatic rings. The van der Waals surface area contributed by atoms with Crippen LogP contribution in [0.15, 0.2) is 17.2 Å². The van der Waals surface area contributed by atoms with Crippen molar-refractivity contribution in [1.29, 1.82) is 0 Å². The van der Waals surface area contributed by atoms with Crippen LogP contribution in [0.25, 0.3) is 0 Å². The van der Waals surface area contributed by atoms with E-state index < -0.39 is 10.0 Å². The van der Waals surface area contributed by atoms with Gasteiger partial charge in [-0.15, -0.1) is 0 Å². The standard InChI is InChI=1S/C13H22N2O3S/c1-11(2)15-9-13(8-12(15)10-16)19(17,18)14-6-4-3-5-7-14/h8-9,11,16H,3-7,10H2,1-2H3. The van der Waals surface area contributed by atoms with E-state index in [4.69, 9.17) is 0 Å². The van der Waals surface area contributed by atoms with Gasteiger partial charge in [-0.2, -0.15) is 4.31 Å². The van der Waals surface area contributed by atoms with Gasteiger partial charge in [-0.25, -0.2) is 8.42 Å². The molecule has 0 atom stereocenters. The Hall–Kier alpha value is -0.850. The third kappa shape index (κ3) is 2.85. The third-order valence-electron chi connectivity index (χ3n) is 3.58. The van der Waals surface area contributed by atoms with Crippen LogP contribution in [-0.4, -0.2) is 35.5 Å². The lowest BCUT2D eigenvalue weighted by molar-refractivity contribution is 0.268. The quantitative estimate of drug-likeness (QED) is 0.917. The van der Waals surface area contributed by atoms with Crippen molar-refractivity contribution in [1.82, 2.24) is 8.87 Å². The molecule has 2 rings (SSSR count). The molecule has 0 saturated carbocycles. The summed E-state index contributed by atoms with van der Waals surface area (Å²) < 4.78 is 28.4. The lowest BCUT2D eigenvalue weighted by Gasteiger charge is -2.25. The predicted molar refractivity (Wildman–Crippen MR) is 73.3 cm³/mol. The third-order valence-corrected chi connectivity index (χ3v) is 5.44. The molecule has 1 aliphatic rings. The topological polar surface area (TPSA) is 62.5 Å². The summed E-state index contributed by atoms with van der Waals surface area (Å²) in [6.45, 7) is 4.99. The Morgan fingerprint density at radius 2 is 1.89 bits per heavy atom. The zero-order valence-electron chi connectivity index (χ0n) is 11.5. The molecule has 0 spiro atoms. The summed E-state index contributed by atoms with van der Waals surface area (Å²) in [5.41, 5.74) is 0.644. The minimum atomic E-state index is -3.41. The molecule has 5 nitrogen and oxygen atoms in total. The first-order chi connectivity index (χ1) is 8.96. The molecule has 1 saturated heterocycles. The Kier molecular flexibility index (Phi) is 4.32. The van der Waals surface area contributed by atoms with Gasteiger partial charge in [-0.3, -0.25) is 0 Å². The number of hydrogen-bond acceptors (Lipinski definition) is 3. The van der Waals surface area contributed by atoms with Crippen LogP contribution < -0.4 is 0 Å². The van der Waals surface area contributed by atoms with Crippen LogP contribution in [0, 0.1) is 0 Å². The van der Waals surface area contributed by atoms with Crippen LogP contribution in [0.2, 0.25) is 0 Å². The van der Waals surface area contributed by atoms with E-state index in [1.165, 1.54) is 0 Å². The van der Waals surface area contributed by atoms with Gasteiger partial charge in [0.1, 0.15) is 4.90 Å². The van der Waals surface area contributed by atoms with Crippen LogP contribution in [0.4, 0.5) is 0 Å². The van der Waals surface area contributed by atoms with Crippen LogP contribution in [0.3, 0.4) is 0 Å². The summed E-state index contributed by atoms with van der Waals surface area (Å²) >= 11 is 0. The number of aromatic nitrogens is 1. The van der Waals surface area contributed by atoms with Gasteiger partial charge >= 0.3 is 0 Å². The van der Waals surface area contributed by atoms with Crippen LogP contribution in [0.5, 0.6) is 0 Å². The highest BCUT2D eigenvalue weighted by molar-refractivity contribution is 7.89. The normalized spacial score (nSPS) is 18.1. The number of rotatable bonds is 4. The Morgan fingerprint density at radius 1 is 1.26 bits per heavy atom. The van der Waals surface area contributed by atoms with Gasteiger partial charge in [0, 0.05) is 31.0 Å². The second-order valence-corrected chi connectivity index (χ2v) is 7.23. The molecule has 19 heavy (non-hydrogen) atoms. The minimum Gasteiger partial charge on any atom is -0.390 e. The van der Waals surface area contributed by atoms with E-state index >= 15 is 0 Å². The average Bonchev–Trinajstić information content (AvgIpc) is 2.84. The maximum absolute atomic E-state index is 12.5. The second kappa shape index (κ2) is 5.64. The van der Waals surface area contributed by atoms with E-state index in [9.17, 15) is 13.5 Å². The van der Waals surface area contributed by atoms with E-state index in [1.807, 2.05) is 18.4 Å². The zero-order chi connectivity index (χ0) is 14.0. The number of aliphatic hydroxyl groups excluding tert-OH is 1. The molecule has 1 fully saturated rings. The Bertz CT molecular complexity index is 528. The van der Waals surface area contributed by atoms with Gasteiger partial charge in [0.25, 0.3) is 0 Å². The molecule has 2 heterocycles. The maximum atomic E-state index is 12.5. The molecule has 1 N–H and O–H groups in total. The first kappa shape index (κ1) is 14.6. The number of nitrogens with zero attached hydrogens (tertiary/aromatic N) is 2.